The minimum Gasteiger partial charge on any atom is -0.497 e. The van der Waals surface area contributed by atoms with Crippen LogP contribution < -0.4 is 4.74 Å². The van der Waals surface area contributed by atoms with E-state index in [0.29, 0.717) is 12.1 Å². The van der Waals surface area contributed by atoms with Crippen LogP contribution in [-0.4, -0.2) is 62.5 Å². The van der Waals surface area contributed by atoms with Crippen LogP contribution >= 0.6 is 0 Å². The zero-order chi connectivity index (χ0) is 15.5. The Labute approximate surface area is 127 Å². The quantitative estimate of drug-likeness (QED) is 0.721. The van der Waals surface area contributed by atoms with Gasteiger partial charge in [0.1, 0.15) is 5.75 Å². The highest BCUT2D eigenvalue weighted by atomic mass is 16.5. The Morgan fingerprint density at radius 2 is 2.00 bits per heavy atom. The van der Waals surface area contributed by atoms with Crippen molar-refractivity contribution < 1.29 is 9.53 Å². The third-order valence-corrected chi connectivity index (χ3v) is 4.60. The topological polar surface area (TPSA) is 32.8 Å². The number of benzene rings is 1. The van der Waals surface area contributed by atoms with E-state index in [0.717, 1.165) is 12.3 Å². The lowest BCUT2D eigenvalue weighted by Crippen LogP contribution is -2.57. The minimum atomic E-state index is 0.143. The number of likely N-dealkylation sites (N-methyl/N-ethyl adjacent to an activating group) is 2. The van der Waals surface area contributed by atoms with Gasteiger partial charge in [0.05, 0.1) is 13.7 Å². The number of hydrogen-bond acceptors (Lipinski definition) is 4. The van der Waals surface area contributed by atoms with Gasteiger partial charge in [0.15, 0.2) is 5.78 Å². The van der Waals surface area contributed by atoms with Crippen LogP contribution in [0.5, 0.6) is 5.75 Å². The molecule has 0 N–H and O–H groups in total. The van der Waals surface area contributed by atoms with E-state index in [1.165, 1.54) is 19.3 Å². The molecule has 1 saturated carbocycles. The summed E-state index contributed by atoms with van der Waals surface area (Å²) in [7, 11) is 7.92. The summed E-state index contributed by atoms with van der Waals surface area (Å²) in [5.74, 6) is 0.872. The van der Waals surface area contributed by atoms with Gasteiger partial charge in [0, 0.05) is 17.6 Å². The van der Waals surface area contributed by atoms with Gasteiger partial charge in [-0.25, -0.2) is 0 Å². The molecular weight excluding hydrogens is 264 g/mol. The van der Waals surface area contributed by atoms with Gasteiger partial charge < -0.3 is 9.64 Å². The number of ether oxygens (including phenoxy) is 1. The van der Waals surface area contributed by atoms with Gasteiger partial charge in [-0.2, -0.15) is 0 Å². The van der Waals surface area contributed by atoms with E-state index in [1.807, 2.05) is 25.2 Å². The number of carbonyl (C=O) groups excluding carboxylic acids is 1. The minimum absolute atomic E-state index is 0.143. The summed E-state index contributed by atoms with van der Waals surface area (Å²) in [6.07, 6.45) is 3.73. The van der Waals surface area contributed by atoms with Gasteiger partial charge in [-0.15, -0.1) is 0 Å². The van der Waals surface area contributed by atoms with Gasteiger partial charge in [0.25, 0.3) is 0 Å². The number of carbonyl (C=O) groups is 1. The largest absolute Gasteiger partial charge is 0.497 e. The summed E-state index contributed by atoms with van der Waals surface area (Å²) in [5.41, 5.74) is 0.970. The van der Waals surface area contributed by atoms with Crippen molar-refractivity contribution in [2.45, 2.75) is 24.8 Å². The highest BCUT2D eigenvalue weighted by Gasteiger charge is 2.39. The summed E-state index contributed by atoms with van der Waals surface area (Å²) < 4.78 is 5.18. The molecule has 1 aliphatic rings. The number of methoxy groups -OCH3 is 1. The van der Waals surface area contributed by atoms with Gasteiger partial charge in [-0.05, 0) is 52.5 Å². The van der Waals surface area contributed by atoms with E-state index in [-0.39, 0.29) is 11.3 Å². The molecule has 0 unspecified atom stereocenters. The maximum Gasteiger partial charge on any atom is 0.176 e. The van der Waals surface area contributed by atoms with Crippen LogP contribution in [0.1, 0.15) is 29.6 Å². The van der Waals surface area contributed by atoms with Crippen LogP contribution in [0.3, 0.4) is 0 Å². The monoisotopic (exact) mass is 290 g/mol. The predicted octanol–water partition coefficient (Wildman–Crippen LogP) is 2.29. The van der Waals surface area contributed by atoms with Crippen molar-refractivity contribution in [3.8, 4) is 5.75 Å². The summed E-state index contributed by atoms with van der Waals surface area (Å²) in [5, 5.41) is 0. The third-order valence-electron chi connectivity index (χ3n) is 4.60. The molecule has 21 heavy (non-hydrogen) atoms. The third kappa shape index (κ3) is 3.63. The summed E-state index contributed by atoms with van der Waals surface area (Å²) in [4.78, 5) is 16.8. The average molecular weight is 290 g/mol. The van der Waals surface area contributed by atoms with Crippen molar-refractivity contribution >= 4 is 5.78 Å². The predicted molar refractivity (Wildman–Crippen MR) is 85.1 cm³/mol. The van der Waals surface area contributed by atoms with Crippen LogP contribution in [0, 0.1) is 0 Å². The van der Waals surface area contributed by atoms with Crippen molar-refractivity contribution in [3.63, 3.8) is 0 Å². The molecule has 116 valence electrons. The van der Waals surface area contributed by atoms with Gasteiger partial charge >= 0.3 is 0 Å². The van der Waals surface area contributed by atoms with Gasteiger partial charge in [-0.3, -0.25) is 9.69 Å². The molecule has 4 heteroatoms. The van der Waals surface area contributed by atoms with Crippen LogP contribution in [-0.2, 0) is 0 Å². The van der Waals surface area contributed by atoms with Crippen LogP contribution in [0.25, 0.3) is 0 Å². The fourth-order valence-electron chi connectivity index (χ4n) is 3.02. The molecule has 0 aliphatic heterocycles. The van der Waals surface area contributed by atoms with E-state index < -0.39 is 0 Å². The fourth-order valence-corrected chi connectivity index (χ4v) is 3.02. The second-order valence-electron chi connectivity index (χ2n) is 6.30. The molecule has 0 spiro atoms. The normalized spacial score (nSPS) is 16.9. The highest BCUT2D eigenvalue weighted by molar-refractivity contribution is 5.97. The van der Waals surface area contributed by atoms with Crippen molar-refractivity contribution in [2.75, 3.05) is 41.3 Å². The Balaban J connectivity index is 1.95. The molecule has 1 fully saturated rings. The number of ketones is 1. The highest BCUT2D eigenvalue weighted by Crippen LogP contribution is 2.36. The molecule has 1 aliphatic carbocycles. The van der Waals surface area contributed by atoms with Crippen LogP contribution in [0.4, 0.5) is 0 Å². The molecule has 0 amide bonds. The molecule has 0 bridgehead atoms. The molecule has 0 radical (unpaired) electrons. The lowest BCUT2D eigenvalue weighted by Gasteiger charge is -2.49. The maximum atomic E-state index is 12.4. The van der Waals surface area contributed by atoms with Gasteiger partial charge in [-0.1, -0.05) is 12.1 Å². The van der Waals surface area contributed by atoms with E-state index in [9.17, 15) is 4.79 Å². The van der Waals surface area contributed by atoms with Crippen molar-refractivity contribution in [1.82, 2.24) is 9.80 Å². The van der Waals surface area contributed by atoms with Crippen molar-refractivity contribution in [2.24, 2.45) is 0 Å². The molecular formula is C17H26N2O2. The zero-order valence-corrected chi connectivity index (χ0v) is 13.6. The lowest BCUT2D eigenvalue weighted by molar-refractivity contribution is 0.0280. The van der Waals surface area contributed by atoms with Crippen LogP contribution in [0.15, 0.2) is 24.3 Å². The van der Waals surface area contributed by atoms with E-state index in [4.69, 9.17) is 4.74 Å². The second kappa shape index (κ2) is 6.58. The molecule has 0 aromatic heterocycles. The average Bonchev–Trinajstić information content (AvgIpc) is 2.42. The van der Waals surface area contributed by atoms with E-state index >= 15 is 0 Å². The van der Waals surface area contributed by atoms with E-state index in [1.54, 1.807) is 13.2 Å². The molecule has 0 heterocycles. The van der Waals surface area contributed by atoms with E-state index in [2.05, 4.69) is 23.9 Å². The molecule has 0 saturated heterocycles. The van der Waals surface area contributed by atoms with Crippen molar-refractivity contribution in [3.05, 3.63) is 29.8 Å². The lowest BCUT2D eigenvalue weighted by atomic mass is 9.75. The van der Waals surface area contributed by atoms with Gasteiger partial charge in [0.2, 0.25) is 0 Å². The smallest absolute Gasteiger partial charge is 0.176 e. The Hall–Kier alpha value is -1.39. The number of hydrogen-bond donors (Lipinski definition) is 0. The summed E-state index contributed by atoms with van der Waals surface area (Å²) >= 11 is 0. The first-order chi connectivity index (χ1) is 9.97. The Kier molecular flexibility index (Phi) is 5.01. The first-order valence-corrected chi connectivity index (χ1v) is 7.50. The standard InChI is InChI=1S/C17H26N2O2/c1-18(2)17(9-6-10-17)13-19(3)12-16(20)14-7-5-8-15(11-14)21-4/h5,7-8,11H,6,9-10,12-13H2,1-4H3. The molecule has 1 aromatic rings. The number of Topliss-reactive ketones (excluding diaryl/α,β-unsaturated/α-hetero) is 1. The Bertz CT molecular complexity index is 495. The second-order valence-corrected chi connectivity index (χ2v) is 6.30. The summed E-state index contributed by atoms with van der Waals surface area (Å²) in [6, 6.07) is 7.38. The fraction of sp³-hybridized carbons (Fsp3) is 0.588. The van der Waals surface area contributed by atoms with Crippen molar-refractivity contribution in [1.29, 1.82) is 0 Å². The molecule has 0 atom stereocenters. The van der Waals surface area contributed by atoms with Crippen LogP contribution in [0.2, 0.25) is 0 Å². The maximum absolute atomic E-state index is 12.4. The Morgan fingerprint density at radius 1 is 1.29 bits per heavy atom. The molecule has 4 nitrogen and oxygen atoms in total. The number of nitrogens with zero attached hydrogens (tertiary/aromatic N) is 2. The first-order valence-electron chi connectivity index (χ1n) is 7.50. The first kappa shape index (κ1) is 16.0. The zero-order valence-electron chi connectivity index (χ0n) is 13.6. The molecule has 1 aromatic carbocycles. The Morgan fingerprint density at radius 3 is 2.52 bits per heavy atom. The number of rotatable bonds is 7. The SMILES string of the molecule is COc1cccc(C(=O)CN(C)CC2(N(C)C)CCC2)c1. The summed E-state index contributed by atoms with van der Waals surface area (Å²) in [6.45, 7) is 1.39. The molecule has 2 rings (SSSR count).